The van der Waals surface area contributed by atoms with Gasteiger partial charge in [0.15, 0.2) is 0 Å². The standard InChI is InChI=1S/C9H16BO4.C9H15O3.C6H11O2.C3H4O.3Y/c1-7-6-9(8(2)14-7)13-5-3-4-10(11)12;1-7-6-9(8(2)12-7)11-5-3-4-10;1-4-3-6(7)5(2)8-4;1-2-3-4;;;/h3-4,7-9,11-12H,2,5-6H2,1H3;4,7-9H,2-3,5-6H2,1H3;4-7H,2-3H2,1H3;2-3H,1H2;;;/q3*-1;;;;/b4-3+;;;;;;/t2*7-,8+,9+;4-,5+,6+;;;;/m000..../s1. The van der Waals surface area contributed by atoms with E-state index in [1.807, 2.05) is 20.8 Å². The molecule has 10 nitrogen and oxygen atoms in total. The Morgan fingerprint density at radius 1 is 0.854 bits per heavy atom. The van der Waals surface area contributed by atoms with E-state index in [0.29, 0.717) is 25.9 Å². The first-order valence-electron chi connectivity index (χ1n) is 12.8. The summed E-state index contributed by atoms with van der Waals surface area (Å²) in [4.78, 5) is 19.1. The van der Waals surface area contributed by atoms with E-state index in [9.17, 15) is 4.79 Å². The van der Waals surface area contributed by atoms with Crippen LogP contribution in [0.15, 0.2) is 24.7 Å². The predicted molar refractivity (Wildman–Crippen MR) is 145 cm³/mol. The van der Waals surface area contributed by atoms with Crippen molar-refractivity contribution in [2.75, 3.05) is 13.2 Å². The van der Waals surface area contributed by atoms with Gasteiger partial charge in [0, 0.05) is 105 Å². The third-order valence-electron chi connectivity index (χ3n) is 5.56. The molecule has 0 saturated carbocycles. The molecular weight excluding hydrogens is 762 g/mol. The summed E-state index contributed by atoms with van der Waals surface area (Å²) in [6, 6.07) is 0. The maximum absolute atomic E-state index is 10.00. The first-order valence-corrected chi connectivity index (χ1v) is 12.8. The smallest absolute Gasteiger partial charge is 0.424 e. The van der Waals surface area contributed by atoms with Gasteiger partial charge in [0.1, 0.15) is 12.6 Å². The van der Waals surface area contributed by atoms with E-state index in [1.54, 1.807) is 6.08 Å². The average Bonchev–Trinajstić information content (AvgIpc) is 3.46. The molecule has 0 amide bonds. The van der Waals surface area contributed by atoms with Crippen molar-refractivity contribution in [2.45, 2.75) is 101 Å². The molecule has 3 saturated heterocycles. The topological polar surface area (TPSA) is 141 Å². The molecule has 3 N–H and O–H groups in total. The van der Waals surface area contributed by atoms with Crippen molar-refractivity contribution in [1.82, 2.24) is 0 Å². The van der Waals surface area contributed by atoms with Gasteiger partial charge >= 0.3 is 7.12 Å². The Labute approximate surface area is 322 Å². The second-order valence-electron chi connectivity index (χ2n) is 9.18. The van der Waals surface area contributed by atoms with Gasteiger partial charge in [0.2, 0.25) is 0 Å². The third-order valence-corrected chi connectivity index (χ3v) is 5.56. The zero-order valence-electron chi connectivity index (χ0n) is 24.7. The molecule has 229 valence electrons. The quantitative estimate of drug-likeness (QED) is 0.104. The van der Waals surface area contributed by atoms with E-state index in [4.69, 9.17) is 43.6 Å². The van der Waals surface area contributed by atoms with Gasteiger partial charge in [-0.3, -0.25) is 4.79 Å². The fraction of sp³-hybridized carbons (Fsp3) is 0.667. The molecule has 0 aromatic rings. The minimum Gasteiger partial charge on any atom is -0.424 e. The number of aldehydes is 2. The van der Waals surface area contributed by atoms with Gasteiger partial charge in [-0.25, -0.2) is 0 Å². The van der Waals surface area contributed by atoms with Crippen LogP contribution in [0.4, 0.5) is 0 Å². The second-order valence-corrected chi connectivity index (χ2v) is 9.18. The summed E-state index contributed by atoms with van der Waals surface area (Å²) >= 11 is 0. The van der Waals surface area contributed by atoms with Crippen LogP contribution in [0.5, 0.6) is 0 Å². The molecule has 0 bridgehead atoms. The van der Waals surface area contributed by atoms with Crippen molar-refractivity contribution < 1.29 is 147 Å². The molecule has 0 unspecified atom stereocenters. The van der Waals surface area contributed by atoms with Gasteiger partial charge in [0.25, 0.3) is 0 Å². The van der Waals surface area contributed by atoms with Crippen LogP contribution in [0.2, 0.25) is 0 Å². The van der Waals surface area contributed by atoms with Crippen LogP contribution in [0.1, 0.15) is 46.5 Å². The predicted octanol–water partition coefficient (Wildman–Crippen LogP) is 1.65. The Morgan fingerprint density at radius 2 is 1.29 bits per heavy atom. The third kappa shape index (κ3) is 25.7. The van der Waals surface area contributed by atoms with Crippen LogP contribution in [0.25, 0.3) is 0 Å². The van der Waals surface area contributed by atoms with Crippen LogP contribution in [0, 0.1) is 20.8 Å². The van der Waals surface area contributed by atoms with Crippen molar-refractivity contribution in [3.8, 4) is 0 Å². The van der Waals surface area contributed by atoms with Gasteiger partial charge in [-0.05, 0) is 64.4 Å². The van der Waals surface area contributed by atoms with E-state index in [2.05, 4.69) is 27.4 Å². The van der Waals surface area contributed by atoms with E-state index in [-0.39, 0.29) is 153 Å². The molecule has 0 aliphatic carbocycles. The van der Waals surface area contributed by atoms with Crippen LogP contribution in [-0.2, 0) is 131 Å². The molecule has 3 rings (SSSR count). The zero-order chi connectivity index (χ0) is 29.1. The van der Waals surface area contributed by atoms with E-state index in [1.165, 1.54) is 12.1 Å². The first-order chi connectivity index (χ1) is 17.9. The van der Waals surface area contributed by atoms with Crippen molar-refractivity contribution in [3.05, 3.63) is 45.5 Å². The van der Waals surface area contributed by atoms with Crippen molar-refractivity contribution in [3.63, 3.8) is 0 Å². The van der Waals surface area contributed by atoms with Crippen molar-refractivity contribution in [1.29, 1.82) is 0 Å². The molecule has 0 spiro atoms. The van der Waals surface area contributed by atoms with Crippen LogP contribution in [-0.4, -0.2) is 103 Å². The van der Waals surface area contributed by atoms with Gasteiger partial charge in [-0.2, -0.15) is 0 Å². The monoisotopic (exact) mass is 808 g/mol. The number of aliphatic hydroxyl groups is 1. The van der Waals surface area contributed by atoms with Crippen molar-refractivity contribution in [2.24, 2.45) is 0 Å². The van der Waals surface area contributed by atoms with Crippen molar-refractivity contribution >= 4 is 19.7 Å². The summed E-state index contributed by atoms with van der Waals surface area (Å²) in [5.74, 6) is 1.26. The molecule has 3 aliphatic rings. The molecule has 41 heavy (non-hydrogen) atoms. The zero-order valence-corrected chi connectivity index (χ0v) is 33.2. The van der Waals surface area contributed by atoms with E-state index >= 15 is 0 Å². The van der Waals surface area contributed by atoms with Crippen LogP contribution >= 0.6 is 0 Å². The van der Waals surface area contributed by atoms with Crippen LogP contribution < -0.4 is 0 Å². The molecule has 0 aromatic heterocycles. The Morgan fingerprint density at radius 3 is 1.59 bits per heavy atom. The Kier molecular flexibility index (Phi) is 37.0. The number of hydrogen-bond acceptors (Lipinski definition) is 10. The normalized spacial score (nSPS) is 31.3. The molecule has 14 heteroatoms. The first kappa shape index (κ1) is 49.7. The fourth-order valence-corrected chi connectivity index (χ4v) is 3.75. The Balaban J connectivity index is -0.000000232. The number of carbonyl (C=O) groups is 2. The average molecular weight is 808 g/mol. The molecule has 3 fully saturated rings. The van der Waals surface area contributed by atoms with E-state index in [0.717, 1.165) is 25.5 Å². The van der Waals surface area contributed by atoms with E-state index < -0.39 is 7.12 Å². The molecule has 0 aromatic carbocycles. The number of allylic oxidation sites excluding steroid dienone is 1. The molecule has 3 heterocycles. The number of ether oxygens (including phenoxy) is 5. The number of hydrogen-bond donors (Lipinski definition) is 3. The largest absolute Gasteiger partial charge is 0.480 e. The fourth-order valence-electron chi connectivity index (χ4n) is 3.75. The summed E-state index contributed by atoms with van der Waals surface area (Å²) in [5, 5.41) is 26.0. The Bertz CT molecular complexity index is 661. The molecule has 3 radical (unpaired) electrons. The summed E-state index contributed by atoms with van der Waals surface area (Å²) in [6.07, 6.45) is 7.10. The minimum absolute atomic E-state index is 0. The summed E-state index contributed by atoms with van der Waals surface area (Å²) in [6.45, 7) is 21.1. The molecule has 9 atom stereocenters. The second kappa shape index (κ2) is 30.5. The maximum atomic E-state index is 10.00. The van der Waals surface area contributed by atoms with Gasteiger partial charge in [0.05, 0.1) is 49.8 Å². The Hall–Kier alpha value is 1.88. The molecular formula is C27H46BO10Y3-3. The van der Waals surface area contributed by atoms with Gasteiger partial charge < -0.3 is 64.4 Å². The van der Waals surface area contributed by atoms with Crippen LogP contribution in [0.3, 0.4) is 0 Å². The molecule has 3 aliphatic heterocycles. The summed E-state index contributed by atoms with van der Waals surface area (Å²) < 4.78 is 26.7. The summed E-state index contributed by atoms with van der Waals surface area (Å²) in [5.41, 5.74) is 0. The summed E-state index contributed by atoms with van der Waals surface area (Å²) in [7, 11) is -1.41. The maximum Gasteiger partial charge on any atom is 0.480 e. The minimum atomic E-state index is -1.41. The number of aliphatic hydroxyl groups excluding tert-OH is 1. The number of rotatable bonds is 9. The number of carbonyl (C=O) groups excluding carboxylic acids is 2. The SMILES string of the molecule is C=CC=O.[CH2-][C@H]1O[C@@H](C)C[C@H]1O.[CH2-][C@H]1O[C@@H](C)C[C@H]1OC/C=C/B(O)O.[CH2-][C@H]1O[C@@H](C)C[C@H]1OCCC=O.[Y].[Y].[Y]. The van der Waals surface area contributed by atoms with Gasteiger partial charge in [-0.15, -0.1) is 0 Å². The van der Waals surface area contributed by atoms with Gasteiger partial charge in [-0.1, -0.05) is 18.6 Å².